The minimum absolute atomic E-state index is 0.0444. The lowest BCUT2D eigenvalue weighted by Crippen LogP contribution is -2.42. The van der Waals surface area contributed by atoms with Gasteiger partial charge < -0.3 is 10.6 Å². The van der Waals surface area contributed by atoms with Crippen LogP contribution in [0.3, 0.4) is 0 Å². The number of nitro groups is 1. The topological polar surface area (TPSA) is 84.3 Å². The largest absolute Gasteiger partial charge is 0.359 e. The summed E-state index contributed by atoms with van der Waals surface area (Å²) in [5, 5.41) is 16.9. The molecule has 6 heteroatoms. The van der Waals surface area contributed by atoms with E-state index >= 15 is 0 Å². The first-order chi connectivity index (χ1) is 9.69. The van der Waals surface area contributed by atoms with E-state index in [1.54, 1.807) is 26.1 Å². The summed E-state index contributed by atoms with van der Waals surface area (Å²) in [7, 11) is 1.61. The fourth-order valence-corrected chi connectivity index (χ4v) is 2.04. The molecule has 0 saturated heterocycles. The fourth-order valence-electron chi connectivity index (χ4n) is 2.04. The third kappa shape index (κ3) is 4.26. The number of rotatable bonds is 6. The van der Waals surface area contributed by atoms with Gasteiger partial charge in [-0.05, 0) is 33.3 Å². The average molecular weight is 293 g/mol. The molecule has 1 atom stereocenters. The first-order valence-corrected chi connectivity index (χ1v) is 6.89. The Balaban J connectivity index is 2.81. The molecule has 0 aliphatic heterocycles. The average Bonchev–Trinajstić information content (AvgIpc) is 2.44. The Labute approximate surface area is 125 Å². The third-order valence-corrected chi connectivity index (χ3v) is 3.62. The maximum atomic E-state index is 11.7. The maximum absolute atomic E-state index is 11.7. The molecule has 1 aromatic rings. The summed E-state index contributed by atoms with van der Waals surface area (Å²) < 4.78 is 0. The van der Waals surface area contributed by atoms with Gasteiger partial charge in [-0.25, -0.2) is 0 Å². The lowest BCUT2D eigenvalue weighted by Gasteiger charge is -2.25. The molecule has 0 saturated carbocycles. The van der Waals surface area contributed by atoms with Crippen LogP contribution in [0.4, 0.5) is 5.69 Å². The van der Waals surface area contributed by atoms with Crippen molar-refractivity contribution >= 4 is 11.6 Å². The first kappa shape index (κ1) is 17.1. The highest BCUT2D eigenvalue weighted by atomic mass is 16.6. The predicted octanol–water partition coefficient (Wildman–Crippen LogP) is 2.33. The number of carbonyl (C=O) groups excluding carboxylic acids is 1. The van der Waals surface area contributed by atoms with E-state index in [1.807, 2.05) is 26.8 Å². The van der Waals surface area contributed by atoms with Crippen LogP contribution in [0.5, 0.6) is 0 Å². The Morgan fingerprint density at radius 2 is 2.05 bits per heavy atom. The summed E-state index contributed by atoms with van der Waals surface area (Å²) in [5.41, 5.74) is 1.05. The molecule has 1 amide bonds. The van der Waals surface area contributed by atoms with Crippen LogP contribution in [-0.4, -0.2) is 24.4 Å². The number of nitrogens with one attached hydrogen (secondary N) is 2. The Hall–Kier alpha value is -1.95. The van der Waals surface area contributed by atoms with Crippen molar-refractivity contribution in [1.29, 1.82) is 0 Å². The second-order valence-corrected chi connectivity index (χ2v) is 5.87. The van der Waals surface area contributed by atoms with E-state index in [1.165, 1.54) is 0 Å². The van der Waals surface area contributed by atoms with Gasteiger partial charge in [0.15, 0.2) is 0 Å². The molecule has 0 fully saturated rings. The molecule has 1 unspecified atom stereocenters. The van der Waals surface area contributed by atoms with Crippen molar-refractivity contribution in [3.8, 4) is 0 Å². The minimum Gasteiger partial charge on any atom is -0.359 e. The number of nitro benzene ring substituents is 1. The van der Waals surface area contributed by atoms with Crippen LogP contribution >= 0.6 is 0 Å². The quantitative estimate of drug-likeness (QED) is 0.622. The van der Waals surface area contributed by atoms with Crippen molar-refractivity contribution in [2.24, 2.45) is 5.41 Å². The SMILES string of the molecule is CNC(=O)C(C)(C)CNC(C)c1ccc(C)c([N+](=O)[O-])c1. The second kappa shape index (κ2) is 6.67. The van der Waals surface area contributed by atoms with Gasteiger partial charge in [0.1, 0.15) is 0 Å². The van der Waals surface area contributed by atoms with E-state index in [0.717, 1.165) is 5.56 Å². The number of hydrogen-bond donors (Lipinski definition) is 2. The molecular formula is C15H23N3O3. The zero-order valence-corrected chi connectivity index (χ0v) is 13.2. The monoisotopic (exact) mass is 293 g/mol. The molecule has 21 heavy (non-hydrogen) atoms. The molecule has 1 rings (SSSR count). The van der Waals surface area contributed by atoms with Gasteiger partial charge in [-0.2, -0.15) is 0 Å². The molecule has 116 valence electrons. The number of aryl methyl sites for hydroxylation is 1. The molecule has 0 spiro atoms. The number of hydrogen-bond acceptors (Lipinski definition) is 4. The molecule has 6 nitrogen and oxygen atoms in total. The van der Waals surface area contributed by atoms with Gasteiger partial charge >= 0.3 is 0 Å². The number of nitrogens with zero attached hydrogens (tertiary/aromatic N) is 1. The molecule has 0 radical (unpaired) electrons. The normalized spacial score (nSPS) is 12.8. The van der Waals surface area contributed by atoms with Gasteiger partial charge in [0, 0.05) is 31.3 Å². The molecule has 0 heterocycles. The van der Waals surface area contributed by atoms with Crippen molar-refractivity contribution in [2.75, 3.05) is 13.6 Å². The molecule has 1 aromatic carbocycles. The molecule has 2 N–H and O–H groups in total. The Morgan fingerprint density at radius 1 is 1.43 bits per heavy atom. The third-order valence-electron chi connectivity index (χ3n) is 3.62. The smallest absolute Gasteiger partial charge is 0.272 e. The highest BCUT2D eigenvalue weighted by molar-refractivity contribution is 5.81. The van der Waals surface area contributed by atoms with Gasteiger partial charge in [0.05, 0.1) is 10.3 Å². The Bertz CT molecular complexity index is 541. The summed E-state index contributed by atoms with van der Waals surface area (Å²) in [4.78, 5) is 22.3. The van der Waals surface area contributed by atoms with Crippen LogP contribution in [0, 0.1) is 22.5 Å². The number of amides is 1. The first-order valence-electron chi connectivity index (χ1n) is 6.89. The van der Waals surface area contributed by atoms with Gasteiger partial charge in [-0.15, -0.1) is 0 Å². The summed E-state index contributed by atoms with van der Waals surface area (Å²) in [6.07, 6.45) is 0. The zero-order valence-electron chi connectivity index (χ0n) is 13.2. The maximum Gasteiger partial charge on any atom is 0.272 e. The number of benzene rings is 1. The van der Waals surface area contributed by atoms with Crippen LogP contribution in [0.15, 0.2) is 18.2 Å². The lowest BCUT2D eigenvalue weighted by atomic mass is 9.91. The Kier molecular flexibility index (Phi) is 5.43. The van der Waals surface area contributed by atoms with Crippen LogP contribution in [0.25, 0.3) is 0 Å². The van der Waals surface area contributed by atoms with Gasteiger partial charge in [0.25, 0.3) is 5.69 Å². The summed E-state index contributed by atoms with van der Waals surface area (Å²) in [5.74, 6) is -0.0444. The van der Waals surface area contributed by atoms with Crippen molar-refractivity contribution in [1.82, 2.24) is 10.6 Å². The van der Waals surface area contributed by atoms with Crippen molar-refractivity contribution in [3.05, 3.63) is 39.4 Å². The van der Waals surface area contributed by atoms with Crippen LogP contribution in [0.2, 0.25) is 0 Å². The van der Waals surface area contributed by atoms with E-state index < -0.39 is 5.41 Å². The molecule has 0 bridgehead atoms. The van der Waals surface area contributed by atoms with Crippen LogP contribution in [-0.2, 0) is 4.79 Å². The van der Waals surface area contributed by atoms with E-state index in [-0.39, 0.29) is 22.6 Å². The molecular weight excluding hydrogens is 270 g/mol. The molecule has 0 aliphatic carbocycles. The summed E-state index contributed by atoms with van der Waals surface area (Å²) in [6, 6.07) is 5.12. The highest BCUT2D eigenvalue weighted by Crippen LogP contribution is 2.24. The van der Waals surface area contributed by atoms with Gasteiger partial charge in [-0.1, -0.05) is 12.1 Å². The second-order valence-electron chi connectivity index (χ2n) is 5.87. The lowest BCUT2D eigenvalue weighted by molar-refractivity contribution is -0.385. The summed E-state index contributed by atoms with van der Waals surface area (Å²) in [6.45, 7) is 7.82. The van der Waals surface area contributed by atoms with Crippen LogP contribution in [0.1, 0.15) is 37.9 Å². The van der Waals surface area contributed by atoms with Crippen molar-refractivity contribution in [2.45, 2.75) is 33.7 Å². The molecule has 0 aromatic heterocycles. The summed E-state index contributed by atoms with van der Waals surface area (Å²) >= 11 is 0. The van der Waals surface area contributed by atoms with E-state index in [0.29, 0.717) is 12.1 Å². The Morgan fingerprint density at radius 3 is 2.57 bits per heavy atom. The minimum atomic E-state index is -0.542. The van der Waals surface area contributed by atoms with E-state index in [2.05, 4.69) is 10.6 Å². The van der Waals surface area contributed by atoms with Crippen molar-refractivity contribution in [3.63, 3.8) is 0 Å². The predicted molar refractivity (Wildman–Crippen MR) is 82.1 cm³/mol. The highest BCUT2D eigenvalue weighted by Gasteiger charge is 2.27. The standard InChI is InChI=1S/C15H23N3O3/c1-10-6-7-12(8-13(10)18(20)21)11(2)17-9-15(3,4)14(19)16-5/h6-8,11,17H,9H2,1-5H3,(H,16,19). The zero-order chi connectivity index (χ0) is 16.2. The van der Waals surface area contributed by atoms with E-state index in [9.17, 15) is 14.9 Å². The van der Waals surface area contributed by atoms with Gasteiger partial charge in [0.2, 0.25) is 5.91 Å². The van der Waals surface area contributed by atoms with Crippen LogP contribution < -0.4 is 10.6 Å². The van der Waals surface area contributed by atoms with E-state index in [4.69, 9.17) is 0 Å². The fraction of sp³-hybridized carbons (Fsp3) is 0.533. The van der Waals surface area contributed by atoms with Gasteiger partial charge in [-0.3, -0.25) is 14.9 Å². The number of carbonyl (C=O) groups is 1. The molecule has 0 aliphatic rings. The van der Waals surface area contributed by atoms with Crippen molar-refractivity contribution < 1.29 is 9.72 Å².